The van der Waals surface area contributed by atoms with Crippen LogP contribution in [-0.2, 0) is 9.53 Å². The average Bonchev–Trinajstić information content (AvgIpc) is 2.90. The molecule has 3 atom stereocenters. The van der Waals surface area contributed by atoms with Crippen LogP contribution in [0.4, 0.5) is 0 Å². The Hall–Kier alpha value is -1.05. The molecular weight excluding hydrogens is 224 g/mol. The number of ether oxygens (including phenoxy) is 1. The summed E-state index contributed by atoms with van der Waals surface area (Å²) in [6.45, 7) is 8.95. The van der Waals surface area contributed by atoms with Crippen LogP contribution in [0.25, 0.3) is 0 Å². The molecule has 2 aliphatic carbocycles. The molecule has 0 amide bonds. The number of allylic oxidation sites excluding steroid dienone is 2. The van der Waals surface area contributed by atoms with Gasteiger partial charge in [-0.1, -0.05) is 25.2 Å². The fraction of sp³-hybridized carbons (Fsp3) is 0.688. The molecule has 0 aromatic carbocycles. The van der Waals surface area contributed by atoms with Crippen LogP contribution in [0.5, 0.6) is 0 Å². The maximum Gasteiger partial charge on any atom is 0.330 e. The Morgan fingerprint density at radius 3 is 2.94 bits per heavy atom. The third-order valence-corrected chi connectivity index (χ3v) is 4.93. The van der Waals surface area contributed by atoms with Crippen LogP contribution < -0.4 is 0 Å². The van der Waals surface area contributed by atoms with E-state index in [4.69, 9.17) is 4.74 Å². The normalized spacial score (nSPS) is 34.4. The van der Waals surface area contributed by atoms with Gasteiger partial charge in [-0.05, 0) is 56.3 Å². The van der Waals surface area contributed by atoms with E-state index >= 15 is 0 Å². The summed E-state index contributed by atoms with van der Waals surface area (Å²) < 4.78 is 4.87. The Balaban J connectivity index is 1.83. The largest absolute Gasteiger partial charge is 0.463 e. The first-order valence-corrected chi connectivity index (χ1v) is 7.10. The van der Waals surface area contributed by atoms with Gasteiger partial charge >= 0.3 is 5.97 Å². The van der Waals surface area contributed by atoms with Gasteiger partial charge in [-0.2, -0.15) is 0 Å². The van der Waals surface area contributed by atoms with E-state index in [1.54, 1.807) is 6.08 Å². The van der Waals surface area contributed by atoms with Crippen molar-refractivity contribution in [2.24, 2.45) is 17.3 Å². The highest BCUT2D eigenvalue weighted by Gasteiger charge is 2.49. The third kappa shape index (κ3) is 2.38. The lowest BCUT2D eigenvalue weighted by molar-refractivity contribution is -0.137. The highest BCUT2D eigenvalue weighted by molar-refractivity contribution is 5.81. The number of hydrogen-bond donors (Lipinski definition) is 0. The highest BCUT2D eigenvalue weighted by atomic mass is 16.5. The minimum Gasteiger partial charge on any atom is -0.463 e. The number of rotatable bonds is 5. The van der Waals surface area contributed by atoms with E-state index in [1.165, 1.54) is 24.8 Å². The highest BCUT2D eigenvalue weighted by Crippen LogP contribution is 2.60. The first kappa shape index (κ1) is 13.4. The Morgan fingerprint density at radius 1 is 1.56 bits per heavy atom. The van der Waals surface area contributed by atoms with Crippen LogP contribution in [0.1, 0.15) is 46.0 Å². The summed E-state index contributed by atoms with van der Waals surface area (Å²) in [5.74, 6) is 1.37. The minimum absolute atomic E-state index is 0.227. The van der Waals surface area contributed by atoms with Gasteiger partial charge < -0.3 is 4.74 Å². The van der Waals surface area contributed by atoms with Crippen molar-refractivity contribution in [3.63, 3.8) is 0 Å². The second-order valence-corrected chi connectivity index (χ2v) is 5.84. The maximum atomic E-state index is 11.2. The molecule has 0 N–H and O–H groups in total. The molecule has 0 radical (unpaired) electrons. The summed E-state index contributed by atoms with van der Waals surface area (Å²) in [5, 5.41) is 0. The Morgan fingerprint density at radius 2 is 2.33 bits per heavy atom. The molecule has 0 aromatic heterocycles. The van der Waals surface area contributed by atoms with Crippen molar-refractivity contribution in [2.45, 2.75) is 46.0 Å². The van der Waals surface area contributed by atoms with E-state index in [9.17, 15) is 4.79 Å². The number of carbonyl (C=O) groups excluding carboxylic acids is 1. The number of fused-ring (bicyclic) bond motifs is 2. The van der Waals surface area contributed by atoms with Crippen molar-refractivity contribution in [1.82, 2.24) is 0 Å². The van der Waals surface area contributed by atoms with E-state index in [0.717, 1.165) is 24.7 Å². The third-order valence-electron chi connectivity index (χ3n) is 4.93. The number of hydrogen-bond acceptors (Lipinski definition) is 2. The molecule has 2 nitrogen and oxygen atoms in total. The van der Waals surface area contributed by atoms with Crippen molar-refractivity contribution in [2.75, 3.05) is 6.61 Å². The molecule has 0 aromatic rings. The van der Waals surface area contributed by atoms with Gasteiger partial charge in [-0.15, -0.1) is 0 Å². The van der Waals surface area contributed by atoms with Crippen molar-refractivity contribution in [3.8, 4) is 0 Å². The van der Waals surface area contributed by atoms with Gasteiger partial charge in [0.05, 0.1) is 6.61 Å². The van der Waals surface area contributed by atoms with E-state index in [-0.39, 0.29) is 5.97 Å². The van der Waals surface area contributed by atoms with E-state index in [1.807, 2.05) is 13.0 Å². The summed E-state index contributed by atoms with van der Waals surface area (Å²) in [5.41, 5.74) is 1.77. The summed E-state index contributed by atoms with van der Waals surface area (Å²) in [7, 11) is 0. The van der Waals surface area contributed by atoms with E-state index in [2.05, 4.69) is 13.5 Å². The van der Waals surface area contributed by atoms with Crippen LogP contribution in [0.15, 0.2) is 24.3 Å². The van der Waals surface area contributed by atoms with Crippen LogP contribution in [0, 0.1) is 17.3 Å². The summed E-state index contributed by atoms with van der Waals surface area (Å²) in [4.78, 5) is 11.2. The second kappa shape index (κ2) is 5.29. The SMILES string of the molecule is C=C1[C@@H]2CC[C@@H](C2)[C@@]1(C)CC/C=C\C(=O)OCC. The first-order valence-electron chi connectivity index (χ1n) is 7.10. The fourth-order valence-corrected chi connectivity index (χ4v) is 3.72. The van der Waals surface area contributed by atoms with Crippen LogP contribution >= 0.6 is 0 Å². The molecule has 0 saturated heterocycles. The molecule has 0 aliphatic heterocycles. The lowest BCUT2D eigenvalue weighted by Gasteiger charge is -2.36. The second-order valence-electron chi connectivity index (χ2n) is 5.84. The summed E-state index contributed by atoms with van der Waals surface area (Å²) in [6.07, 6.45) is 9.61. The summed E-state index contributed by atoms with van der Waals surface area (Å²) in [6, 6.07) is 0. The van der Waals surface area contributed by atoms with Crippen LogP contribution in [-0.4, -0.2) is 12.6 Å². The van der Waals surface area contributed by atoms with Crippen LogP contribution in [0.3, 0.4) is 0 Å². The van der Waals surface area contributed by atoms with Crippen molar-refractivity contribution < 1.29 is 9.53 Å². The molecule has 0 spiro atoms. The fourth-order valence-electron chi connectivity index (χ4n) is 3.72. The molecule has 0 heterocycles. The molecule has 2 bridgehead atoms. The van der Waals surface area contributed by atoms with Gasteiger partial charge in [-0.25, -0.2) is 4.79 Å². The molecular formula is C16H24O2. The Kier molecular flexibility index (Phi) is 3.94. The predicted molar refractivity (Wildman–Crippen MR) is 73.1 cm³/mol. The topological polar surface area (TPSA) is 26.3 Å². The molecule has 2 saturated carbocycles. The quantitative estimate of drug-likeness (QED) is 0.419. The lowest BCUT2D eigenvalue weighted by Crippen LogP contribution is -2.25. The smallest absolute Gasteiger partial charge is 0.330 e. The lowest BCUT2D eigenvalue weighted by atomic mass is 9.69. The van der Waals surface area contributed by atoms with Gasteiger partial charge in [0.25, 0.3) is 0 Å². The Bertz CT molecular complexity index is 369. The van der Waals surface area contributed by atoms with Crippen molar-refractivity contribution in [1.29, 1.82) is 0 Å². The van der Waals surface area contributed by atoms with Gasteiger partial charge in [-0.3, -0.25) is 0 Å². The maximum absolute atomic E-state index is 11.2. The molecule has 2 aliphatic rings. The standard InChI is InChI=1S/C16H24O2/c1-4-18-15(17)7-5-6-10-16(3)12(2)13-8-9-14(16)11-13/h5,7,13-14H,2,4,6,8-11H2,1,3H3/b7-5-/t13-,14+,16+/m1/s1. The number of esters is 1. The molecule has 18 heavy (non-hydrogen) atoms. The first-order chi connectivity index (χ1) is 8.58. The van der Waals surface area contributed by atoms with Crippen LogP contribution in [0.2, 0.25) is 0 Å². The van der Waals surface area contributed by atoms with E-state index < -0.39 is 0 Å². The summed E-state index contributed by atoms with van der Waals surface area (Å²) >= 11 is 0. The average molecular weight is 248 g/mol. The predicted octanol–water partition coefficient (Wildman–Crippen LogP) is 3.88. The van der Waals surface area contributed by atoms with E-state index in [0.29, 0.717) is 12.0 Å². The minimum atomic E-state index is -0.227. The zero-order valence-electron chi connectivity index (χ0n) is 11.6. The Labute approximate surface area is 110 Å². The van der Waals surface area contributed by atoms with Crippen molar-refractivity contribution in [3.05, 3.63) is 24.3 Å². The molecule has 2 heteroatoms. The zero-order chi connectivity index (χ0) is 13.2. The van der Waals surface area contributed by atoms with Gasteiger partial charge in [0, 0.05) is 6.08 Å². The molecule has 2 fully saturated rings. The monoisotopic (exact) mass is 248 g/mol. The zero-order valence-corrected chi connectivity index (χ0v) is 11.6. The van der Waals surface area contributed by atoms with Gasteiger partial charge in [0.1, 0.15) is 0 Å². The van der Waals surface area contributed by atoms with Gasteiger partial charge in [0.15, 0.2) is 0 Å². The molecule has 0 unspecified atom stereocenters. The molecule has 100 valence electrons. The number of carbonyl (C=O) groups is 1. The molecule has 2 rings (SSSR count). The van der Waals surface area contributed by atoms with Gasteiger partial charge in [0.2, 0.25) is 0 Å². The van der Waals surface area contributed by atoms with Crippen molar-refractivity contribution >= 4 is 5.97 Å².